The SMILES string of the molecule is CCNCC(O)C(=O)O[C@H](C=O)[C@@H](O)[C@H](O)[C@@H](C)O. The normalized spacial score (nSPS) is 19.1. The number of nitrogens with one attached hydrogen (secondary N) is 1. The first kappa shape index (κ1) is 17.9. The molecular formula is C11H21NO7. The molecule has 19 heavy (non-hydrogen) atoms. The van der Waals surface area contributed by atoms with Gasteiger partial charge in [-0.2, -0.15) is 0 Å². The number of aldehydes is 1. The third-order valence-corrected chi connectivity index (χ3v) is 2.43. The van der Waals surface area contributed by atoms with E-state index in [9.17, 15) is 24.9 Å². The van der Waals surface area contributed by atoms with E-state index in [1.165, 1.54) is 6.92 Å². The highest BCUT2D eigenvalue weighted by Gasteiger charge is 2.33. The van der Waals surface area contributed by atoms with E-state index in [4.69, 9.17) is 5.11 Å². The minimum Gasteiger partial charge on any atom is -0.450 e. The van der Waals surface area contributed by atoms with Gasteiger partial charge in [0.1, 0.15) is 12.2 Å². The van der Waals surface area contributed by atoms with Gasteiger partial charge in [0.15, 0.2) is 18.5 Å². The van der Waals surface area contributed by atoms with E-state index in [1.807, 2.05) is 0 Å². The second kappa shape index (κ2) is 8.94. The fourth-order valence-electron chi connectivity index (χ4n) is 1.23. The van der Waals surface area contributed by atoms with Crippen molar-refractivity contribution in [2.75, 3.05) is 13.1 Å². The molecule has 0 spiro atoms. The van der Waals surface area contributed by atoms with Gasteiger partial charge in [-0.3, -0.25) is 4.79 Å². The van der Waals surface area contributed by atoms with Crippen LogP contribution in [0.1, 0.15) is 13.8 Å². The number of likely N-dealkylation sites (N-methyl/N-ethyl adjacent to an activating group) is 1. The van der Waals surface area contributed by atoms with Crippen LogP contribution in [0.5, 0.6) is 0 Å². The van der Waals surface area contributed by atoms with E-state index >= 15 is 0 Å². The second-order valence-electron chi connectivity index (χ2n) is 4.08. The number of aliphatic hydroxyl groups is 4. The van der Waals surface area contributed by atoms with Gasteiger partial charge in [-0.05, 0) is 13.5 Å². The Labute approximate surface area is 111 Å². The Morgan fingerprint density at radius 2 is 1.84 bits per heavy atom. The summed E-state index contributed by atoms with van der Waals surface area (Å²) in [6.45, 7) is 3.45. The molecule has 0 aromatic heterocycles. The molecule has 5 atom stereocenters. The maximum atomic E-state index is 11.4. The largest absolute Gasteiger partial charge is 0.450 e. The van der Waals surface area contributed by atoms with Crippen LogP contribution in [0.25, 0.3) is 0 Å². The lowest BCUT2D eigenvalue weighted by atomic mass is 10.0. The first-order valence-corrected chi connectivity index (χ1v) is 5.93. The number of carbonyl (C=O) groups is 2. The van der Waals surface area contributed by atoms with Crippen LogP contribution in [0.3, 0.4) is 0 Å². The van der Waals surface area contributed by atoms with Crippen molar-refractivity contribution in [1.82, 2.24) is 5.32 Å². The summed E-state index contributed by atoms with van der Waals surface area (Å²) in [5.41, 5.74) is 0. The van der Waals surface area contributed by atoms with Crippen LogP contribution in [-0.4, -0.2) is 76.3 Å². The molecule has 0 saturated heterocycles. The molecule has 8 nitrogen and oxygen atoms in total. The fraction of sp³-hybridized carbons (Fsp3) is 0.818. The Bertz CT molecular complexity index is 284. The summed E-state index contributed by atoms with van der Waals surface area (Å²) in [5, 5.41) is 40.0. The van der Waals surface area contributed by atoms with Crippen LogP contribution in [-0.2, 0) is 14.3 Å². The summed E-state index contributed by atoms with van der Waals surface area (Å²) in [6, 6.07) is 0. The molecular weight excluding hydrogens is 258 g/mol. The van der Waals surface area contributed by atoms with Crippen LogP contribution in [0.4, 0.5) is 0 Å². The molecule has 0 radical (unpaired) electrons. The van der Waals surface area contributed by atoms with Crippen LogP contribution in [0, 0.1) is 0 Å². The van der Waals surface area contributed by atoms with Gasteiger partial charge in [-0.15, -0.1) is 0 Å². The summed E-state index contributed by atoms with van der Waals surface area (Å²) >= 11 is 0. The summed E-state index contributed by atoms with van der Waals surface area (Å²) in [4.78, 5) is 22.1. The average Bonchev–Trinajstić information content (AvgIpc) is 2.39. The van der Waals surface area contributed by atoms with Gasteiger partial charge in [0.05, 0.1) is 6.10 Å². The van der Waals surface area contributed by atoms with Crippen molar-refractivity contribution in [2.24, 2.45) is 0 Å². The maximum absolute atomic E-state index is 11.4. The van der Waals surface area contributed by atoms with Crippen LogP contribution in [0.2, 0.25) is 0 Å². The minimum atomic E-state index is -1.77. The van der Waals surface area contributed by atoms with Crippen LogP contribution < -0.4 is 5.32 Å². The topological polar surface area (TPSA) is 136 Å². The number of esters is 1. The third kappa shape index (κ3) is 6.08. The zero-order valence-corrected chi connectivity index (χ0v) is 10.9. The lowest BCUT2D eigenvalue weighted by Crippen LogP contribution is -2.47. The van der Waals surface area contributed by atoms with Gasteiger partial charge >= 0.3 is 5.97 Å². The quantitative estimate of drug-likeness (QED) is 0.225. The Morgan fingerprint density at radius 3 is 2.26 bits per heavy atom. The second-order valence-corrected chi connectivity index (χ2v) is 4.08. The van der Waals surface area contributed by atoms with E-state index in [0.29, 0.717) is 6.54 Å². The maximum Gasteiger partial charge on any atom is 0.337 e. The van der Waals surface area contributed by atoms with E-state index in [0.717, 1.165) is 0 Å². The molecule has 1 unspecified atom stereocenters. The van der Waals surface area contributed by atoms with Crippen molar-refractivity contribution < 1.29 is 34.8 Å². The highest BCUT2D eigenvalue weighted by molar-refractivity contribution is 5.77. The Morgan fingerprint density at radius 1 is 1.26 bits per heavy atom. The minimum absolute atomic E-state index is 0.0596. The molecule has 0 aliphatic rings. The number of ether oxygens (including phenoxy) is 1. The Balaban J connectivity index is 4.47. The van der Waals surface area contributed by atoms with Crippen molar-refractivity contribution in [2.45, 2.75) is 44.4 Å². The van der Waals surface area contributed by atoms with Crippen LogP contribution in [0.15, 0.2) is 0 Å². The molecule has 112 valence electrons. The smallest absolute Gasteiger partial charge is 0.337 e. The number of hydrogen-bond acceptors (Lipinski definition) is 8. The standard InChI is InChI=1S/C11H21NO7/c1-3-12-4-7(15)11(18)19-8(5-13)10(17)9(16)6(2)14/h5-10,12,14-17H,3-4H2,1-2H3/t6-,7?,8-,9-,10-/m1/s1. The molecule has 0 bridgehead atoms. The predicted octanol–water partition coefficient (Wildman–Crippen LogP) is -2.83. The summed E-state index contributed by atoms with van der Waals surface area (Å²) in [6.07, 6.45) is -7.75. The molecule has 0 rings (SSSR count). The molecule has 0 aromatic rings. The van der Waals surface area contributed by atoms with Gasteiger partial charge in [-0.25, -0.2) is 4.79 Å². The van der Waals surface area contributed by atoms with Gasteiger partial charge in [-0.1, -0.05) is 6.92 Å². The third-order valence-electron chi connectivity index (χ3n) is 2.43. The van der Waals surface area contributed by atoms with E-state index in [2.05, 4.69) is 10.1 Å². The molecule has 0 saturated carbocycles. The van der Waals surface area contributed by atoms with Gasteiger partial charge in [0.2, 0.25) is 0 Å². The number of rotatable bonds is 9. The highest BCUT2D eigenvalue weighted by atomic mass is 16.6. The van der Waals surface area contributed by atoms with Crippen molar-refractivity contribution in [3.63, 3.8) is 0 Å². The van der Waals surface area contributed by atoms with Gasteiger partial charge in [0.25, 0.3) is 0 Å². The van der Waals surface area contributed by atoms with Crippen molar-refractivity contribution in [1.29, 1.82) is 0 Å². The summed E-state index contributed by atoms with van der Waals surface area (Å²) < 4.78 is 4.57. The Kier molecular flexibility index (Phi) is 8.44. The number of hydrogen-bond donors (Lipinski definition) is 5. The molecule has 8 heteroatoms. The first-order chi connectivity index (χ1) is 8.84. The molecule has 0 fully saturated rings. The number of aliphatic hydroxyl groups excluding tert-OH is 4. The molecule has 0 aliphatic heterocycles. The number of carbonyl (C=O) groups excluding carboxylic acids is 2. The van der Waals surface area contributed by atoms with Crippen LogP contribution >= 0.6 is 0 Å². The zero-order chi connectivity index (χ0) is 15.0. The van der Waals surface area contributed by atoms with Crippen molar-refractivity contribution in [3.05, 3.63) is 0 Å². The highest BCUT2D eigenvalue weighted by Crippen LogP contribution is 2.07. The van der Waals surface area contributed by atoms with E-state index < -0.39 is 36.5 Å². The fourth-order valence-corrected chi connectivity index (χ4v) is 1.23. The molecule has 0 amide bonds. The van der Waals surface area contributed by atoms with Crippen molar-refractivity contribution in [3.8, 4) is 0 Å². The summed E-state index contributed by atoms with van der Waals surface area (Å²) in [7, 11) is 0. The van der Waals surface area contributed by atoms with Gasteiger partial charge < -0.3 is 30.5 Å². The van der Waals surface area contributed by atoms with E-state index in [1.54, 1.807) is 6.92 Å². The Hall–Kier alpha value is -1.06. The van der Waals surface area contributed by atoms with Crippen molar-refractivity contribution >= 4 is 12.3 Å². The van der Waals surface area contributed by atoms with E-state index in [-0.39, 0.29) is 12.8 Å². The predicted molar refractivity (Wildman–Crippen MR) is 64.2 cm³/mol. The lowest BCUT2D eigenvalue weighted by Gasteiger charge is -2.25. The molecule has 0 aliphatic carbocycles. The lowest BCUT2D eigenvalue weighted by molar-refractivity contribution is -0.173. The first-order valence-electron chi connectivity index (χ1n) is 5.93. The molecule has 5 N–H and O–H groups in total. The zero-order valence-electron chi connectivity index (χ0n) is 10.9. The molecule has 0 aromatic carbocycles. The van der Waals surface area contributed by atoms with Gasteiger partial charge in [0, 0.05) is 6.54 Å². The monoisotopic (exact) mass is 279 g/mol. The average molecular weight is 279 g/mol. The molecule has 0 heterocycles. The summed E-state index contributed by atoms with van der Waals surface area (Å²) in [5.74, 6) is -1.10.